The van der Waals surface area contributed by atoms with Crippen molar-refractivity contribution >= 4 is 28.8 Å². The summed E-state index contributed by atoms with van der Waals surface area (Å²) in [5.74, 6) is 0.126. The third kappa shape index (κ3) is 5.03. The van der Waals surface area contributed by atoms with Crippen LogP contribution in [0.4, 0.5) is 0 Å². The first-order chi connectivity index (χ1) is 11.0. The van der Waals surface area contributed by atoms with Crippen molar-refractivity contribution in [2.24, 2.45) is 5.92 Å². The van der Waals surface area contributed by atoms with Gasteiger partial charge in [-0.1, -0.05) is 44.0 Å². The van der Waals surface area contributed by atoms with E-state index in [2.05, 4.69) is 10.3 Å². The van der Waals surface area contributed by atoms with Crippen LogP contribution in [0.3, 0.4) is 0 Å². The maximum Gasteiger partial charge on any atom is 0.226 e. The lowest BCUT2D eigenvalue weighted by Crippen LogP contribution is -2.42. The summed E-state index contributed by atoms with van der Waals surface area (Å²) >= 11 is 7.38. The van der Waals surface area contributed by atoms with Crippen molar-refractivity contribution < 1.29 is 9.90 Å². The molecule has 0 radical (unpaired) electrons. The molecule has 1 amide bonds. The van der Waals surface area contributed by atoms with Gasteiger partial charge in [0.05, 0.1) is 24.8 Å². The van der Waals surface area contributed by atoms with Crippen LogP contribution in [-0.4, -0.2) is 28.6 Å². The standard InChI is InChI=1S/C17H21ClN2O2S/c1-3-11(2)15(9-21)20-16(22)8-14-10-23-17(19-14)12-4-6-13(18)7-5-12/h4-7,10-11,15,21H,3,8-9H2,1-2H3,(H,20,22)/t11-,15-/m1/s1. The number of halogens is 1. The molecule has 1 heterocycles. The molecule has 0 aliphatic carbocycles. The lowest BCUT2D eigenvalue weighted by atomic mass is 10.00. The molecule has 23 heavy (non-hydrogen) atoms. The van der Waals surface area contributed by atoms with E-state index >= 15 is 0 Å². The third-order valence-electron chi connectivity index (χ3n) is 3.86. The summed E-state index contributed by atoms with van der Waals surface area (Å²) in [5, 5.41) is 15.7. The number of aliphatic hydroxyl groups excluding tert-OH is 1. The fraction of sp³-hybridized carbons (Fsp3) is 0.412. The van der Waals surface area contributed by atoms with Gasteiger partial charge in [-0.25, -0.2) is 4.98 Å². The van der Waals surface area contributed by atoms with Crippen molar-refractivity contribution in [2.75, 3.05) is 6.61 Å². The van der Waals surface area contributed by atoms with Crippen LogP contribution in [0, 0.1) is 5.92 Å². The molecule has 0 saturated carbocycles. The normalized spacial score (nSPS) is 13.6. The molecule has 124 valence electrons. The second-order valence-electron chi connectivity index (χ2n) is 5.57. The first-order valence-corrected chi connectivity index (χ1v) is 8.89. The number of aliphatic hydroxyl groups is 1. The van der Waals surface area contributed by atoms with Crippen LogP contribution in [0.2, 0.25) is 5.02 Å². The Kier molecular flexibility index (Phi) is 6.57. The zero-order valence-electron chi connectivity index (χ0n) is 13.3. The lowest BCUT2D eigenvalue weighted by molar-refractivity contribution is -0.121. The summed E-state index contributed by atoms with van der Waals surface area (Å²) in [6.07, 6.45) is 1.12. The Bertz CT molecular complexity index is 642. The molecule has 2 N–H and O–H groups in total. The molecular formula is C17H21ClN2O2S. The molecule has 2 aromatic rings. The van der Waals surface area contributed by atoms with Gasteiger partial charge in [0.25, 0.3) is 0 Å². The Balaban J connectivity index is 1.98. The minimum atomic E-state index is -0.207. The van der Waals surface area contributed by atoms with Crippen molar-refractivity contribution in [1.82, 2.24) is 10.3 Å². The van der Waals surface area contributed by atoms with Gasteiger partial charge >= 0.3 is 0 Å². The topological polar surface area (TPSA) is 62.2 Å². The van der Waals surface area contributed by atoms with E-state index in [1.54, 1.807) is 0 Å². The summed E-state index contributed by atoms with van der Waals surface area (Å²) in [6.45, 7) is 4.01. The molecule has 4 nitrogen and oxygen atoms in total. The number of carbonyl (C=O) groups is 1. The Hall–Kier alpha value is -1.43. The quantitative estimate of drug-likeness (QED) is 0.801. The van der Waals surface area contributed by atoms with Crippen molar-refractivity contribution in [1.29, 1.82) is 0 Å². The van der Waals surface area contributed by atoms with Crippen LogP contribution in [0.1, 0.15) is 26.0 Å². The fourth-order valence-corrected chi connectivity index (χ4v) is 3.14. The summed E-state index contributed by atoms with van der Waals surface area (Å²) in [7, 11) is 0. The number of carbonyl (C=O) groups excluding carboxylic acids is 1. The number of hydrogen-bond acceptors (Lipinski definition) is 4. The molecule has 6 heteroatoms. The first kappa shape index (κ1) is 17.9. The molecule has 1 aromatic carbocycles. The van der Waals surface area contributed by atoms with Crippen molar-refractivity contribution in [3.8, 4) is 10.6 Å². The largest absolute Gasteiger partial charge is 0.394 e. The molecule has 0 aliphatic heterocycles. The van der Waals surface area contributed by atoms with E-state index in [9.17, 15) is 9.90 Å². The smallest absolute Gasteiger partial charge is 0.226 e. The zero-order valence-corrected chi connectivity index (χ0v) is 14.8. The van der Waals surface area contributed by atoms with Gasteiger partial charge in [0, 0.05) is 16.0 Å². The van der Waals surface area contributed by atoms with Crippen molar-refractivity contribution in [3.63, 3.8) is 0 Å². The summed E-state index contributed by atoms with van der Waals surface area (Å²) < 4.78 is 0. The molecule has 1 aromatic heterocycles. The second-order valence-corrected chi connectivity index (χ2v) is 6.86. The van der Waals surface area contributed by atoms with E-state index in [4.69, 9.17) is 11.6 Å². The molecular weight excluding hydrogens is 332 g/mol. The number of rotatable bonds is 7. The summed E-state index contributed by atoms with van der Waals surface area (Å²) in [5.41, 5.74) is 1.72. The highest BCUT2D eigenvalue weighted by Gasteiger charge is 2.18. The van der Waals surface area contributed by atoms with E-state index in [1.807, 2.05) is 43.5 Å². The van der Waals surface area contributed by atoms with Gasteiger partial charge in [0.15, 0.2) is 0 Å². The van der Waals surface area contributed by atoms with Crippen LogP contribution >= 0.6 is 22.9 Å². The minimum absolute atomic E-state index is 0.0478. The SMILES string of the molecule is CC[C@@H](C)[C@@H](CO)NC(=O)Cc1csc(-c2ccc(Cl)cc2)n1. The molecule has 2 rings (SSSR count). The molecule has 2 atom stereocenters. The van der Waals surface area contributed by atoms with Gasteiger partial charge in [-0.3, -0.25) is 4.79 Å². The Morgan fingerprint density at radius 3 is 2.70 bits per heavy atom. The highest BCUT2D eigenvalue weighted by atomic mass is 35.5. The Labute approximate surface area is 145 Å². The van der Waals surface area contributed by atoms with E-state index in [-0.39, 0.29) is 30.9 Å². The molecule has 0 fully saturated rings. The molecule has 0 spiro atoms. The van der Waals surface area contributed by atoms with Crippen LogP contribution in [0.5, 0.6) is 0 Å². The maximum absolute atomic E-state index is 12.1. The second kappa shape index (κ2) is 8.43. The predicted octanol–water partition coefficient (Wildman–Crippen LogP) is 3.53. The van der Waals surface area contributed by atoms with Gasteiger partial charge < -0.3 is 10.4 Å². The van der Waals surface area contributed by atoms with Gasteiger partial charge in [-0.2, -0.15) is 0 Å². The maximum atomic E-state index is 12.1. The Morgan fingerprint density at radius 2 is 2.09 bits per heavy atom. The van der Waals surface area contributed by atoms with Gasteiger partial charge in [-0.15, -0.1) is 11.3 Å². The average Bonchev–Trinajstić information content (AvgIpc) is 3.00. The van der Waals surface area contributed by atoms with E-state index in [1.165, 1.54) is 11.3 Å². The van der Waals surface area contributed by atoms with Crippen LogP contribution in [-0.2, 0) is 11.2 Å². The number of benzene rings is 1. The number of thiazole rings is 1. The average molecular weight is 353 g/mol. The number of aromatic nitrogens is 1. The number of hydrogen-bond donors (Lipinski definition) is 2. The lowest BCUT2D eigenvalue weighted by Gasteiger charge is -2.21. The monoisotopic (exact) mass is 352 g/mol. The Morgan fingerprint density at radius 1 is 1.39 bits per heavy atom. The number of nitrogens with zero attached hydrogens (tertiary/aromatic N) is 1. The fourth-order valence-electron chi connectivity index (χ4n) is 2.19. The van der Waals surface area contributed by atoms with Crippen LogP contribution < -0.4 is 5.32 Å². The van der Waals surface area contributed by atoms with Gasteiger partial charge in [0.1, 0.15) is 5.01 Å². The molecule has 0 aliphatic rings. The third-order valence-corrected chi connectivity index (χ3v) is 5.05. The zero-order chi connectivity index (χ0) is 16.8. The minimum Gasteiger partial charge on any atom is -0.394 e. The highest BCUT2D eigenvalue weighted by Crippen LogP contribution is 2.25. The van der Waals surface area contributed by atoms with Crippen molar-refractivity contribution in [3.05, 3.63) is 40.4 Å². The number of amides is 1. The van der Waals surface area contributed by atoms with Crippen LogP contribution in [0.25, 0.3) is 10.6 Å². The summed E-state index contributed by atoms with van der Waals surface area (Å²) in [6, 6.07) is 7.26. The van der Waals surface area contributed by atoms with E-state index in [0.29, 0.717) is 5.02 Å². The van der Waals surface area contributed by atoms with E-state index in [0.717, 1.165) is 22.7 Å². The first-order valence-electron chi connectivity index (χ1n) is 7.64. The number of nitrogens with one attached hydrogen (secondary N) is 1. The van der Waals surface area contributed by atoms with Gasteiger partial charge in [-0.05, 0) is 18.1 Å². The van der Waals surface area contributed by atoms with Gasteiger partial charge in [0.2, 0.25) is 5.91 Å². The predicted molar refractivity (Wildman–Crippen MR) is 94.7 cm³/mol. The molecule has 0 bridgehead atoms. The van der Waals surface area contributed by atoms with E-state index < -0.39 is 0 Å². The van der Waals surface area contributed by atoms with Crippen molar-refractivity contribution in [2.45, 2.75) is 32.7 Å². The summed E-state index contributed by atoms with van der Waals surface area (Å²) in [4.78, 5) is 16.6. The van der Waals surface area contributed by atoms with Crippen LogP contribution in [0.15, 0.2) is 29.6 Å². The molecule has 0 unspecified atom stereocenters. The highest BCUT2D eigenvalue weighted by molar-refractivity contribution is 7.13. The molecule has 0 saturated heterocycles.